The van der Waals surface area contributed by atoms with E-state index in [1.807, 2.05) is 7.05 Å². The van der Waals surface area contributed by atoms with Gasteiger partial charge in [0, 0.05) is 19.2 Å². The van der Waals surface area contributed by atoms with Crippen molar-refractivity contribution in [1.29, 1.82) is 0 Å². The molecule has 2 unspecified atom stereocenters. The van der Waals surface area contributed by atoms with Crippen molar-refractivity contribution in [3.63, 3.8) is 0 Å². The minimum atomic E-state index is -0.0328. The van der Waals surface area contributed by atoms with E-state index < -0.39 is 0 Å². The maximum Gasteiger partial charge on any atom is 0.230 e. The lowest BCUT2D eigenvalue weighted by Crippen LogP contribution is -2.33. The second-order valence-corrected chi connectivity index (χ2v) is 4.80. The van der Waals surface area contributed by atoms with Crippen molar-refractivity contribution in [1.82, 2.24) is 4.90 Å². The van der Waals surface area contributed by atoms with Crippen LogP contribution in [0.25, 0.3) is 0 Å². The van der Waals surface area contributed by atoms with E-state index in [2.05, 4.69) is 15.5 Å². The molecule has 2 atom stereocenters. The van der Waals surface area contributed by atoms with Gasteiger partial charge in [0.05, 0.1) is 23.3 Å². The summed E-state index contributed by atoms with van der Waals surface area (Å²) in [6, 6.07) is 5.06. The molecule has 17 heavy (non-hydrogen) atoms. The van der Waals surface area contributed by atoms with Crippen LogP contribution in [0.3, 0.4) is 0 Å². The molecular formula is C12H15N3O2. The van der Waals surface area contributed by atoms with Gasteiger partial charge in [-0.1, -0.05) is 0 Å². The maximum absolute atomic E-state index is 12.0. The summed E-state index contributed by atoms with van der Waals surface area (Å²) in [7, 11) is 2.01. The third kappa shape index (κ3) is 1.72. The van der Waals surface area contributed by atoms with E-state index >= 15 is 0 Å². The van der Waals surface area contributed by atoms with Gasteiger partial charge in [-0.2, -0.15) is 0 Å². The molecular weight excluding hydrogens is 218 g/mol. The Bertz CT molecular complexity index is 475. The molecule has 2 aliphatic rings. The summed E-state index contributed by atoms with van der Waals surface area (Å²) >= 11 is 0. The fraction of sp³-hybridized carbons (Fsp3) is 0.417. The molecule has 5 nitrogen and oxygen atoms in total. The number of aromatic hydroxyl groups is 1. The van der Waals surface area contributed by atoms with Gasteiger partial charge in [-0.05, 0) is 19.2 Å². The molecule has 5 heteroatoms. The van der Waals surface area contributed by atoms with E-state index in [0.29, 0.717) is 0 Å². The van der Waals surface area contributed by atoms with E-state index in [0.717, 1.165) is 24.5 Å². The number of hydrogen-bond donors (Lipinski definition) is 3. The summed E-state index contributed by atoms with van der Waals surface area (Å²) in [5, 5.41) is 15.7. The van der Waals surface area contributed by atoms with Crippen LogP contribution in [0, 0.1) is 5.92 Å². The molecule has 0 saturated carbocycles. The van der Waals surface area contributed by atoms with Gasteiger partial charge in [0.25, 0.3) is 0 Å². The Balaban J connectivity index is 1.98. The summed E-state index contributed by atoms with van der Waals surface area (Å²) in [6.07, 6.45) is 0. The molecule has 3 N–H and O–H groups in total. The first-order chi connectivity index (χ1) is 8.13. The van der Waals surface area contributed by atoms with Crippen LogP contribution in [0.2, 0.25) is 0 Å². The lowest BCUT2D eigenvalue weighted by molar-refractivity contribution is -0.119. The molecule has 3 rings (SSSR count). The molecule has 0 spiro atoms. The SMILES string of the molecule is CN1CC2Nc3cc(O)ccc3NC(=O)C2C1. The second kappa shape index (κ2) is 3.63. The first-order valence-corrected chi connectivity index (χ1v) is 5.72. The van der Waals surface area contributed by atoms with Crippen molar-refractivity contribution < 1.29 is 9.90 Å². The summed E-state index contributed by atoms with van der Waals surface area (Å²) < 4.78 is 0. The van der Waals surface area contributed by atoms with Gasteiger partial charge in [0.1, 0.15) is 5.75 Å². The number of fused-ring (bicyclic) bond motifs is 2. The molecule has 1 aromatic carbocycles. The number of benzene rings is 1. The molecule has 1 aromatic rings. The molecule has 1 amide bonds. The van der Waals surface area contributed by atoms with Crippen LogP contribution < -0.4 is 10.6 Å². The number of rotatable bonds is 0. The summed E-state index contributed by atoms with van der Waals surface area (Å²) in [5.41, 5.74) is 1.53. The predicted octanol–water partition coefficient (Wildman–Crippen LogP) is 0.686. The third-order valence-electron chi connectivity index (χ3n) is 3.44. The van der Waals surface area contributed by atoms with Crippen molar-refractivity contribution >= 4 is 17.3 Å². The Morgan fingerprint density at radius 3 is 3.00 bits per heavy atom. The number of anilines is 2. The largest absolute Gasteiger partial charge is 0.508 e. The molecule has 1 saturated heterocycles. The highest BCUT2D eigenvalue weighted by molar-refractivity contribution is 5.98. The Hall–Kier alpha value is -1.75. The smallest absolute Gasteiger partial charge is 0.230 e. The van der Waals surface area contributed by atoms with Gasteiger partial charge in [-0.25, -0.2) is 0 Å². The minimum Gasteiger partial charge on any atom is -0.508 e. The highest BCUT2D eigenvalue weighted by Gasteiger charge is 2.38. The van der Waals surface area contributed by atoms with Crippen LogP contribution in [0.5, 0.6) is 5.75 Å². The Morgan fingerprint density at radius 1 is 1.35 bits per heavy atom. The topological polar surface area (TPSA) is 64.6 Å². The predicted molar refractivity (Wildman–Crippen MR) is 65.1 cm³/mol. The van der Waals surface area contributed by atoms with E-state index in [-0.39, 0.29) is 23.6 Å². The van der Waals surface area contributed by atoms with Gasteiger partial charge in [-0.3, -0.25) is 4.79 Å². The lowest BCUT2D eigenvalue weighted by Gasteiger charge is -2.15. The number of likely N-dealkylation sites (tertiary alicyclic amines) is 1. The number of phenols is 1. The minimum absolute atomic E-state index is 0.0328. The first-order valence-electron chi connectivity index (χ1n) is 5.72. The Kier molecular flexibility index (Phi) is 2.22. The molecule has 0 radical (unpaired) electrons. The number of likely N-dealkylation sites (N-methyl/N-ethyl adjacent to an activating group) is 1. The van der Waals surface area contributed by atoms with Crippen molar-refractivity contribution in [2.75, 3.05) is 30.8 Å². The van der Waals surface area contributed by atoms with Gasteiger partial charge in [-0.15, -0.1) is 0 Å². The molecule has 90 valence electrons. The second-order valence-electron chi connectivity index (χ2n) is 4.80. The molecule has 0 bridgehead atoms. The van der Waals surface area contributed by atoms with Crippen molar-refractivity contribution in [2.45, 2.75) is 6.04 Å². The number of carbonyl (C=O) groups excluding carboxylic acids is 1. The Labute approximate surface area is 99.4 Å². The van der Waals surface area contributed by atoms with E-state index in [1.54, 1.807) is 18.2 Å². The zero-order chi connectivity index (χ0) is 12.0. The van der Waals surface area contributed by atoms with Crippen molar-refractivity contribution in [3.8, 4) is 5.75 Å². The molecule has 2 aliphatic heterocycles. The van der Waals surface area contributed by atoms with Crippen molar-refractivity contribution in [2.24, 2.45) is 5.92 Å². The normalized spacial score (nSPS) is 27.7. The van der Waals surface area contributed by atoms with Crippen LogP contribution in [-0.4, -0.2) is 42.1 Å². The molecule has 0 aliphatic carbocycles. The molecule has 1 fully saturated rings. The maximum atomic E-state index is 12.0. The monoisotopic (exact) mass is 233 g/mol. The van der Waals surface area contributed by atoms with E-state index in [9.17, 15) is 9.90 Å². The number of phenolic OH excluding ortho intramolecular Hbond substituents is 1. The van der Waals surface area contributed by atoms with Crippen molar-refractivity contribution in [3.05, 3.63) is 18.2 Å². The van der Waals surface area contributed by atoms with E-state index in [4.69, 9.17) is 0 Å². The van der Waals surface area contributed by atoms with Crippen LogP contribution in [-0.2, 0) is 4.79 Å². The fourth-order valence-electron chi connectivity index (χ4n) is 2.60. The van der Waals surface area contributed by atoms with Crippen LogP contribution in [0.4, 0.5) is 11.4 Å². The van der Waals surface area contributed by atoms with Gasteiger partial charge in [0.15, 0.2) is 0 Å². The van der Waals surface area contributed by atoms with Gasteiger partial charge in [0.2, 0.25) is 5.91 Å². The molecule has 2 heterocycles. The third-order valence-corrected chi connectivity index (χ3v) is 3.44. The number of hydrogen-bond acceptors (Lipinski definition) is 4. The number of amides is 1. The first kappa shape index (κ1) is 10.4. The molecule has 0 aromatic heterocycles. The average molecular weight is 233 g/mol. The van der Waals surface area contributed by atoms with E-state index in [1.165, 1.54) is 0 Å². The lowest BCUT2D eigenvalue weighted by atomic mass is 10.0. The zero-order valence-electron chi connectivity index (χ0n) is 9.60. The van der Waals surface area contributed by atoms with Crippen LogP contribution in [0.1, 0.15) is 0 Å². The number of carbonyl (C=O) groups is 1. The summed E-state index contributed by atoms with van der Waals surface area (Å²) in [4.78, 5) is 14.2. The highest BCUT2D eigenvalue weighted by Crippen LogP contribution is 2.33. The van der Waals surface area contributed by atoms with Crippen LogP contribution in [0.15, 0.2) is 18.2 Å². The standard InChI is InChI=1S/C12H15N3O2/c1-15-5-8-11(6-15)13-10-4-7(16)2-3-9(10)14-12(8)17/h2-4,8,11,13,16H,5-6H2,1H3,(H,14,17). The van der Waals surface area contributed by atoms with Gasteiger partial charge >= 0.3 is 0 Å². The fourth-order valence-corrected chi connectivity index (χ4v) is 2.60. The summed E-state index contributed by atoms with van der Waals surface area (Å²) in [6.45, 7) is 1.61. The number of nitrogens with one attached hydrogen (secondary N) is 2. The summed E-state index contributed by atoms with van der Waals surface area (Å²) in [5.74, 6) is 0.223. The van der Waals surface area contributed by atoms with Crippen LogP contribution >= 0.6 is 0 Å². The quantitative estimate of drug-likeness (QED) is 0.577. The highest BCUT2D eigenvalue weighted by atomic mass is 16.3. The van der Waals surface area contributed by atoms with Gasteiger partial charge < -0.3 is 20.6 Å². The average Bonchev–Trinajstić information content (AvgIpc) is 2.58. The number of nitrogens with zero attached hydrogens (tertiary/aromatic N) is 1. The Morgan fingerprint density at radius 2 is 2.18 bits per heavy atom. The zero-order valence-corrected chi connectivity index (χ0v) is 9.60.